The van der Waals surface area contributed by atoms with Crippen LogP contribution < -0.4 is 4.74 Å². The van der Waals surface area contributed by atoms with Crippen LogP contribution in [0.3, 0.4) is 0 Å². The van der Waals surface area contributed by atoms with Gasteiger partial charge in [0.15, 0.2) is 11.5 Å². The maximum absolute atomic E-state index is 11.5. The highest BCUT2D eigenvalue weighted by atomic mass is 16.5. The highest BCUT2D eigenvalue weighted by Gasteiger charge is 2.23. The zero-order chi connectivity index (χ0) is 13.2. The molecule has 0 aliphatic carbocycles. The van der Waals surface area contributed by atoms with E-state index in [1.807, 2.05) is 13.8 Å². The zero-order valence-electron chi connectivity index (χ0n) is 9.85. The van der Waals surface area contributed by atoms with Gasteiger partial charge in [0.05, 0.1) is 12.7 Å². The molecule has 0 aliphatic rings. The lowest BCUT2D eigenvalue weighted by molar-refractivity contribution is -0.131. The highest BCUT2D eigenvalue weighted by Crippen LogP contribution is 2.34. The fraction of sp³-hybridized carbons (Fsp3) is 0.333. The number of aliphatic carboxylic acids is 1. The van der Waals surface area contributed by atoms with Crippen LogP contribution in [0.5, 0.6) is 11.5 Å². The van der Waals surface area contributed by atoms with Gasteiger partial charge in [0.25, 0.3) is 5.78 Å². The second-order valence-corrected chi connectivity index (χ2v) is 3.91. The fourth-order valence-electron chi connectivity index (χ4n) is 1.47. The van der Waals surface area contributed by atoms with Crippen molar-refractivity contribution >= 4 is 11.8 Å². The topological polar surface area (TPSA) is 83.8 Å². The summed E-state index contributed by atoms with van der Waals surface area (Å²) in [6.45, 7) is 3.74. The van der Waals surface area contributed by atoms with E-state index in [4.69, 9.17) is 9.84 Å². The molecule has 1 aromatic carbocycles. The SMILES string of the molecule is COc1c(O)cc(C(C)C)cc1C(=O)C(=O)O. The Labute approximate surface area is 98.6 Å². The summed E-state index contributed by atoms with van der Waals surface area (Å²) in [5, 5.41) is 18.4. The number of carbonyl (C=O) groups is 2. The molecular formula is C12H14O5. The van der Waals surface area contributed by atoms with Crippen molar-refractivity contribution in [2.75, 3.05) is 7.11 Å². The molecule has 0 bridgehead atoms. The fourth-order valence-corrected chi connectivity index (χ4v) is 1.47. The van der Waals surface area contributed by atoms with Crippen LogP contribution in [0.25, 0.3) is 0 Å². The molecule has 1 rings (SSSR count). The Hall–Kier alpha value is -2.04. The molecule has 1 aromatic rings. The van der Waals surface area contributed by atoms with Crippen molar-refractivity contribution in [1.29, 1.82) is 0 Å². The molecule has 0 aliphatic heterocycles. The monoisotopic (exact) mass is 238 g/mol. The van der Waals surface area contributed by atoms with Crippen LogP contribution in [-0.2, 0) is 4.79 Å². The normalized spacial score (nSPS) is 10.4. The highest BCUT2D eigenvalue weighted by molar-refractivity contribution is 6.40. The predicted octanol–water partition coefficient (Wildman–Crippen LogP) is 1.79. The van der Waals surface area contributed by atoms with Gasteiger partial charge in [-0.1, -0.05) is 13.8 Å². The summed E-state index contributed by atoms with van der Waals surface area (Å²) >= 11 is 0. The average molecular weight is 238 g/mol. The third-order valence-corrected chi connectivity index (χ3v) is 2.40. The van der Waals surface area contributed by atoms with Crippen molar-refractivity contribution in [3.05, 3.63) is 23.3 Å². The number of ether oxygens (including phenoxy) is 1. The third kappa shape index (κ3) is 2.55. The Bertz CT molecular complexity index is 462. The molecular weight excluding hydrogens is 224 g/mol. The smallest absolute Gasteiger partial charge is 0.377 e. The molecule has 0 saturated heterocycles. The van der Waals surface area contributed by atoms with Crippen LogP contribution in [0.4, 0.5) is 0 Å². The van der Waals surface area contributed by atoms with E-state index in [1.54, 1.807) is 0 Å². The molecule has 0 saturated carbocycles. The van der Waals surface area contributed by atoms with Gasteiger partial charge in [-0.3, -0.25) is 4.79 Å². The third-order valence-electron chi connectivity index (χ3n) is 2.40. The lowest BCUT2D eigenvalue weighted by Crippen LogP contribution is -2.14. The first kappa shape index (κ1) is 13.0. The minimum absolute atomic E-state index is 0.0622. The number of phenols is 1. The molecule has 0 unspecified atom stereocenters. The Morgan fingerprint density at radius 2 is 1.88 bits per heavy atom. The van der Waals surface area contributed by atoms with Crippen molar-refractivity contribution in [3.63, 3.8) is 0 Å². The quantitative estimate of drug-likeness (QED) is 0.617. The van der Waals surface area contributed by atoms with Gasteiger partial charge in [0, 0.05) is 0 Å². The van der Waals surface area contributed by atoms with E-state index in [9.17, 15) is 14.7 Å². The van der Waals surface area contributed by atoms with Gasteiger partial charge in [0.1, 0.15) is 0 Å². The standard InChI is InChI=1S/C12H14O5/c1-6(2)7-4-8(10(14)12(15)16)11(17-3)9(13)5-7/h4-6,13H,1-3H3,(H,15,16). The molecule has 0 atom stereocenters. The first-order valence-electron chi connectivity index (χ1n) is 5.07. The summed E-state index contributed by atoms with van der Waals surface area (Å²) in [5.74, 6) is -2.96. The lowest BCUT2D eigenvalue weighted by atomic mass is 9.97. The molecule has 92 valence electrons. The van der Waals surface area contributed by atoms with Gasteiger partial charge < -0.3 is 14.9 Å². The number of ketones is 1. The first-order chi connectivity index (χ1) is 7.88. The molecule has 0 heterocycles. The summed E-state index contributed by atoms with van der Waals surface area (Å²) in [6.07, 6.45) is 0. The van der Waals surface area contributed by atoms with Crippen LogP contribution in [0.1, 0.15) is 35.7 Å². The van der Waals surface area contributed by atoms with Gasteiger partial charge in [-0.15, -0.1) is 0 Å². The largest absolute Gasteiger partial charge is 0.504 e. The number of aromatic hydroxyl groups is 1. The van der Waals surface area contributed by atoms with Gasteiger partial charge in [-0.05, 0) is 23.6 Å². The molecule has 0 aromatic heterocycles. The molecule has 5 heteroatoms. The van der Waals surface area contributed by atoms with Gasteiger partial charge in [-0.25, -0.2) is 4.79 Å². The molecule has 5 nitrogen and oxygen atoms in total. The second-order valence-electron chi connectivity index (χ2n) is 3.91. The van der Waals surface area contributed by atoms with Crippen LogP contribution in [0, 0.1) is 0 Å². The molecule has 2 N–H and O–H groups in total. The maximum atomic E-state index is 11.5. The number of phenolic OH excluding ortho intramolecular Hbond substituents is 1. The molecule has 0 spiro atoms. The summed E-state index contributed by atoms with van der Waals surface area (Å²) in [7, 11) is 1.27. The van der Waals surface area contributed by atoms with Crippen LogP contribution in [0.15, 0.2) is 12.1 Å². The number of hydrogen-bond acceptors (Lipinski definition) is 4. The number of carboxylic acids is 1. The molecule has 0 fully saturated rings. The van der Waals surface area contributed by atoms with Crippen LogP contribution in [-0.4, -0.2) is 29.1 Å². The van der Waals surface area contributed by atoms with E-state index in [0.717, 1.165) is 0 Å². The summed E-state index contributed by atoms with van der Waals surface area (Å²) in [5.41, 5.74) is 0.539. The van der Waals surface area contributed by atoms with E-state index in [0.29, 0.717) is 5.56 Å². The van der Waals surface area contributed by atoms with Crippen molar-refractivity contribution in [1.82, 2.24) is 0 Å². The maximum Gasteiger partial charge on any atom is 0.377 e. The Morgan fingerprint density at radius 1 is 1.29 bits per heavy atom. The number of benzene rings is 1. The number of rotatable bonds is 4. The summed E-state index contributed by atoms with van der Waals surface area (Å²) in [4.78, 5) is 22.1. The van der Waals surface area contributed by atoms with E-state index < -0.39 is 11.8 Å². The van der Waals surface area contributed by atoms with Crippen LogP contribution in [0.2, 0.25) is 0 Å². The molecule has 0 amide bonds. The van der Waals surface area contributed by atoms with E-state index >= 15 is 0 Å². The van der Waals surface area contributed by atoms with Crippen molar-refractivity contribution in [2.45, 2.75) is 19.8 Å². The Balaban J connectivity index is 3.44. The number of methoxy groups -OCH3 is 1. The van der Waals surface area contributed by atoms with Crippen molar-refractivity contribution < 1.29 is 24.5 Å². The Kier molecular flexibility index (Phi) is 3.73. The lowest BCUT2D eigenvalue weighted by Gasteiger charge is -2.12. The zero-order valence-corrected chi connectivity index (χ0v) is 9.85. The Morgan fingerprint density at radius 3 is 2.29 bits per heavy atom. The van der Waals surface area contributed by atoms with Crippen molar-refractivity contribution in [3.8, 4) is 11.5 Å². The molecule has 0 radical (unpaired) electrons. The van der Waals surface area contributed by atoms with Crippen molar-refractivity contribution in [2.24, 2.45) is 0 Å². The van der Waals surface area contributed by atoms with E-state index in [2.05, 4.69) is 0 Å². The minimum Gasteiger partial charge on any atom is -0.504 e. The van der Waals surface area contributed by atoms with E-state index in [1.165, 1.54) is 19.2 Å². The van der Waals surface area contributed by atoms with E-state index in [-0.39, 0.29) is 23.0 Å². The second kappa shape index (κ2) is 4.86. The summed E-state index contributed by atoms with van der Waals surface area (Å²) in [6, 6.07) is 2.89. The first-order valence-corrected chi connectivity index (χ1v) is 5.07. The average Bonchev–Trinajstić information content (AvgIpc) is 2.26. The number of hydrogen-bond donors (Lipinski definition) is 2. The molecule has 17 heavy (non-hydrogen) atoms. The number of Topliss-reactive ketones (excluding diaryl/α,β-unsaturated/α-hetero) is 1. The van der Waals surface area contributed by atoms with Gasteiger partial charge in [0.2, 0.25) is 0 Å². The minimum atomic E-state index is -1.58. The number of carbonyl (C=O) groups excluding carboxylic acids is 1. The van der Waals surface area contributed by atoms with Gasteiger partial charge >= 0.3 is 5.97 Å². The summed E-state index contributed by atoms with van der Waals surface area (Å²) < 4.78 is 4.85. The predicted molar refractivity (Wildman–Crippen MR) is 60.7 cm³/mol. The van der Waals surface area contributed by atoms with Gasteiger partial charge in [-0.2, -0.15) is 0 Å². The van der Waals surface area contributed by atoms with Crippen LogP contribution >= 0.6 is 0 Å². The number of carboxylic acid groups (broad SMARTS) is 1.